The molecular formula is C15H26O2. The quantitative estimate of drug-likeness (QED) is 0.690. The van der Waals surface area contributed by atoms with Gasteiger partial charge in [0.2, 0.25) is 0 Å². The van der Waals surface area contributed by atoms with Gasteiger partial charge in [0, 0.05) is 11.3 Å². The average Bonchev–Trinajstić information content (AvgIpc) is 2.23. The normalized spacial score (nSPS) is 46.6. The van der Waals surface area contributed by atoms with E-state index in [4.69, 9.17) is 0 Å². The molecule has 1 saturated carbocycles. The molecule has 2 nitrogen and oxygen atoms in total. The smallest absolute Gasteiger partial charge is 0.0642 e. The van der Waals surface area contributed by atoms with Crippen molar-refractivity contribution in [2.45, 2.75) is 59.2 Å². The highest BCUT2D eigenvalue weighted by Gasteiger charge is 2.51. The van der Waals surface area contributed by atoms with Crippen molar-refractivity contribution in [3.05, 3.63) is 11.6 Å². The first-order valence-electron chi connectivity index (χ1n) is 6.90. The second-order valence-corrected chi connectivity index (χ2v) is 6.62. The molecule has 0 heterocycles. The summed E-state index contributed by atoms with van der Waals surface area (Å²) in [6.45, 7) is 8.64. The fourth-order valence-electron chi connectivity index (χ4n) is 4.03. The van der Waals surface area contributed by atoms with Gasteiger partial charge in [-0.1, -0.05) is 32.4 Å². The van der Waals surface area contributed by atoms with Gasteiger partial charge in [0.1, 0.15) is 0 Å². The summed E-state index contributed by atoms with van der Waals surface area (Å²) in [6, 6.07) is 0. The molecule has 0 spiro atoms. The molecule has 2 rings (SSSR count). The van der Waals surface area contributed by atoms with Crippen molar-refractivity contribution in [1.29, 1.82) is 0 Å². The van der Waals surface area contributed by atoms with Crippen LogP contribution in [-0.2, 0) is 0 Å². The largest absolute Gasteiger partial charge is 0.392 e. The lowest BCUT2D eigenvalue weighted by molar-refractivity contribution is -0.111. The molecule has 2 N–H and O–H groups in total. The Kier molecular flexibility index (Phi) is 3.39. The Hall–Kier alpha value is -0.340. The third-order valence-corrected chi connectivity index (χ3v) is 5.28. The molecule has 2 aliphatic carbocycles. The molecule has 0 aromatic carbocycles. The molecular weight excluding hydrogens is 212 g/mol. The zero-order chi connectivity index (χ0) is 12.8. The number of hydrogen-bond acceptors (Lipinski definition) is 2. The molecule has 0 radical (unpaired) electrons. The fraction of sp³-hybridized carbons (Fsp3) is 0.867. The molecule has 0 aromatic rings. The molecule has 0 aliphatic heterocycles. The maximum Gasteiger partial charge on any atom is 0.0642 e. The van der Waals surface area contributed by atoms with Gasteiger partial charge >= 0.3 is 0 Å². The zero-order valence-corrected chi connectivity index (χ0v) is 11.5. The van der Waals surface area contributed by atoms with Crippen LogP contribution in [0.4, 0.5) is 0 Å². The van der Waals surface area contributed by atoms with Crippen LogP contribution in [-0.4, -0.2) is 22.4 Å². The maximum absolute atomic E-state index is 10.6. The Morgan fingerprint density at radius 3 is 2.59 bits per heavy atom. The van der Waals surface area contributed by atoms with E-state index in [0.717, 1.165) is 19.3 Å². The van der Waals surface area contributed by atoms with Gasteiger partial charge in [0.05, 0.1) is 12.2 Å². The molecule has 0 amide bonds. The third-order valence-electron chi connectivity index (χ3n) is 5.28. The van der Waals surface area contributed by atoms with E-state index in [1.165, 1.54) is 5.57 Å². The molecule has 1 fully saturated rings. The summed E-state index contributed by atoms with van der Waals surface area (Å²) in [7, 11) is 0. The maximum atomic E-state index is 10.6. The van der Waals surface area contributed by atoms with Crippen molar-refractivity contribution in [1.82, 2.24) is 0 Å². The van der Waals surface area contributed by atoms with E-state index >= 15 is 0 Å². The number of hydrogen-bond donors (Lipinski definition) is 2. The van der Waals surface area contributed by atoms with Gasteiger partial charge in [-0.2, -0.15) is 0 Å². The zero-order valence-electron chi connectivity index (χ0n) is 11.5. The minimum Gasteiger partial charge on any atom is -0.392 e. The molecule has 17 heavy (non-hydrogen) atoms. The van der Waals surface area contributed by atoms with Crippen molar-refractivity contribution < 1.29 is 10.2 Å². The Balaban J connectivity index is 2.33. The standard InChI is InChI=1S/C15H26O2/c1-9(2)11-7-8-15(4)12(16)6-5-10(3)13(15)14(11)17/h5,9,11-14,16-17H,6-8H2,1-4H3/t11-,12-,13-,14+,15+/m1/s1. The Labute approximate surface area is 105 Å². The Morgan fingerprint density at radius 2 is 2.00 bits per heavy atom. The van der Waals surface area contributed by atoms with Crippen molar-refractivity contribution in [3.63, 3.8) is 0 Å². The SMILES string of the molecule is CC1=CC[C@@H](O)[C@]2(C)CC[C@H](C(C)C)[C@H](O)[C@@H]12. The first-order valence-corrected chi connectivity index (χ1v) is 6.90. The van der Waals surface area contributed by atoms with Gasteiger partial charge in [-0.15, -0.1) is 0 Å². The van der Waals surface area contributed by atoms with Crippen LogP contribution in [0.15, 0.2) is 11.6 Å². The molecule has 0 bridgehead atoms. The molecule has 0 unspecified atom stereocenters. The second-order valence-electron chi connectivity index (χ2n) is 6.62. The molecule has 0 aromatic heterocycles. The van der Waals surface area contributed by atoms with Gasteiger partial charge in [-0.25, -0.2) is 0 Å². The summed E-state index contributed by atoms with van der Waals surface area (Å²) in [6.07, 6.45) is 4.35. The van der Waals surface area contributed by atoms with Gasteiger partial charge in [0.25, 0.3) is 0 Å². The Bertz CT molecular complexity index is 321. The topological polar surface area (TPSA) is 40.5 Å². The van der Waals surface area contributed by atoms with Gasteiger partial charge in [-0.05, 0) is 38.0 Å². The summed E-state index contributed by atoms with van der Waals surface area (Å²) < 4.78 is 0. The summed E-state index contributed by atoms with van der Waals surface area (Å²) in [5.74, 6) is 1.04. The predicted octanol–water partition coefficient (Wildman–Crippen LogP) is 2.75. The van der Waals surface area contributed by atoms with Crippen molar-refractivity contribution in [3.8, 4) is 0 Å². The van der Waals surface area contributed by atoms with Crippen LogP contribution >= 0.6 is 0 Å². The molecule has 2 heteroatoms. The van der Waals surface area contributed by atoms with E-state index < -0.39 is 0 Å². The minimum atomic E-state index is -0.293. The molecule has 98 valence electrons. The van der Waals surface area contributed by atoms with E-state index in [2.05, 4.69) is 33.8 Å². The van der Waals surface area contributed by atoms with Crippen LogP contribution in [0.5, 0.6) is 0 Å². The van der Waals surface area contributed by atoms with Gasteiger partial charge < -0.3 is 10.2 Å². The second kappa shape index (κ2) is 4.40. The van der Waals surface area contributed by atoms with Crippen molar-refractivity contribution >= 4 is 0 Å². The van der Waals surface area contributed by atoms with E-state index in [1.807, 2.05) is 0 Å². The number of rotatable bonds is 1. The van der Waals surface area contributed by atoms with Crippen LogP contribution in [0.1, 0.15) is 47.0 Å². The first kappa shape index (κ1) is 13.1. The number of fused-ring (bicyclic) bond motifs is 1. The van der Waals surface area contributed by atoms with Crippen LogP contribution in [0.3, 0.4) is 0 Å². The predicted molar refractivity (Wildman–Crippen MR) is 69.5 cm³/mol. The number of aliphatic hydroxyl groups excluding tert-OH is 2. The summed E-state index contributed by atoms with van der Waals surface area (Å²) in [5.41, 5.74) is 1.15. The van der Waals surface area contributed by atoms with Crippen LogP contribution < -0.4 is 0 Å². The highest BCUT2D eigenvalue weighted by Crippen LogP contribution is 2.53. The third kappa shape index (κ3) is 1.96. The highest BCUT2D eigenvalue weighted by molar-refractivity contribution is 5.20. The van der Waals surface area contributed by atoms with Crippen molar-refractivity contribution in [2.75, 3.05) is 0 Å². The van der Waals surface area contributed by atoms with Crippen LogP contribution in [0.2, 0.25) is 0 Å². The lowest BCUT2D eigenvalue weighted by Crippen LogP contribution is -2.53. The lowest BCUT2D eigenvalue weighted by atomic mass is 9.54. The summed E-state index contributed by atoms with van der Waals surface area (Å²) >= 11 is 0. The van der Waals surface area contributed by atoms with E-state index in [0.29, 0.717) is 11.8 Å². The first-order chi connectivity index (χ1) is 7.88. The average molecular weight is 238 g/mol. The van der Waals surface area contributed by atoms with E-state index in [1.54, 1.807) is 0 Å². The van der Waals surface area contributed by atoms with Crippen molar-refractivity contribution in [2.24, 2.45) is 23.2 Å². The minimum absolute atomic E-state index is 0.121. The highest BCUT2D eigenvalue weighted by atomic mass is 16.3. The van der Waals surface area contributed by atoms with Crippen LogP contribution in [0, 0.1) is 23.2 Å². The van der Waals surface area contributed by atoms with E-state index in [-0.39, 0.29) is 23.5 Å². The van der Waals surface area contributed by atoms with Gasteiger partial charge in [-0.3, -0.25) is 0 Å². The molecule has 5 atom stereocenters. The molecule has 0 saturated heterocycles. The van der Waals surface area contributed by atoms with Gasteiger partial charge in [0.15, 0.2) is 0 Å². The number of aliphatic hydroxyl groups is 2. The molecule has 2 aliphatic rings. The van der Waals surface area contributed by atoms with E-state index in [9.17, 15) is 10.2 Å². The summed E-state index contributed by atoms with van der Waals surface area (Å²) in [5, 5.41) is 20.9. The fourth-order valence-corrected chi connectivity index (χ4v) is 4.03. The van der Waals surface area contributed by atoms with Crippen LogP contribution in [0.25, 0.3) is 0 Å². The monoisotopic (exact) mass is 238 g/mol. The lowest BCUT2D eigenvalue weighted by Gasteiger charge is -2.53. The summed E-state index contributed by atoms with van der Waals surface area (Å²) in [4.78, 5) is 0. The Morgan fingerprint density at radius 1 is 1.35 bits per heavy atom.